The number of benzene rings is 2. The standard InChI is InChI=1S/C30H34FN3O4S/c1-22(2)38-28-17-26(32-19-29(28)37-21-24-8-5-4-6-9-24)20-33-14-12-30(18-23(33)3)13-15-39(35,36)34(30)27-11-7-10-25(31)16-27/h4-11,13,15-17,19,22-23H,12,14,18,20-21H2,1-3H3. The maximum absolute atomic E-state index is 14.0. The zero-order valence-corrected chi connectivity index (χ0v) is 23.3. The first-order chi connectivity index (χ1) is 18.6. The number of sulfonamides is 1. The SMILES string of the molecule is CC(C)Oc1cc(CN2CCC3(C=CS(=O)(=O)N3c3cccc(F)c3)CC2C)ncc1OCc1ccccc1. The third-order valence-electron chi connectivity index (χ3n) is 7.21. The van der Waals surface area contributed by atoms with Crippen LogP contribution < -0.4 is 13.8 Å². The molecule has 0 amide bonds. The summed E-state index contributed by atoms with van der Waals surface area (Å²) < 4.78 is 53.5. The molecular formula is C30H34FN3O4S. The number of pyridine rings is 1. The quantitative estimate of drug-likeness (QED) is 0.359. The molecule has 7 nitrogen and oxygen atoms in total. The van der Waals surface area contributed by atoms with Gasteiger partial charge in [-0.15, -0.1) is 0 Å². The van der Waals surface area contributed by atoms with Crippen LogP contribution in [0.15, 0.2) is 78.3 Å². The molecular weight excluding hydrogens is 517 g/mol. The Labute approximate surface area is 229 Å². The van der Waals surface area contributed by atoms with Crippen LogP contribution in [-0.4, -0.2) is 42.5 Å². The van der Waals surface area contributed by atoms with Crippen LogP contribution in [0.4, 0.5) is 10.1 Å². The molecule has 1 aromatic heterocycles. The number of nitrogens with zero attached hydrogens (tertiary/aromatic N) is 3. The Kier molecular flexibility index (Phi) is 7.64. The fourth-order valence-electron chi connectivity index (χ4n) is 5.42. The summed E-state index contributed by atoms with van der Waals surface area (Å²) in [5.74, 6) is 0.778. The second-order valence-corrected chi connectivity index (χ2v) is 12.2. The van der Waals surface area contributed by atoms with E-state index >= 15 is 0 Å². The second kappa shape index (κ2) is 11.0. The number of hydrogen-bond donors (Lipinski definition) is 0. The molecule has 2 aliphatic rings. The first kappa shape index (κ1) is 27.1. The minimum Gasteiger partial charge on any atom is -0.487 e. The molecule has 3 aromatic rings. The van der Waals surface area contributed by atoms with E-state index in [1.807, 2.05) is 50.2 Å². The predicted molar refractivity (Wildman–Crippen MR) is 150 cm³/mol. The van der Waals surface area contributed by atoms with Crippen molar-refractivity contribution in [3.8, 4) is 11.5 Å². The number of halogens is 1. The lowest BCUT2D eigenvalue weighted by Gasteiger charge is -2.47. The van der Waals surface area contributed by atoms with Crippen molar-refractivity contribution in [2.75, 3.05) is 10.8 Å². The molecule has 0 aliphatic carbocycles. The number of aromatic nitrogens is 1. The van der Waals surface area contributed by atoms with E-state index in [2.05, 4.69) is 16.8 Å². The Morgan fingerprint density at radius 2 is 1.90 bits per heavy atom. The Bertz CT molecular complexity index is 1450. The van der Waals surface area contributed by atoms with Crippen LogP contribution in [0.1, 0.15) is 44.9 Å². The van der Waals surface area contributed by atoms with Crippen molar-refractivity contribution in [2.45, 2.75) is 64.4 Å². The lowest BCUT2D eigenvalue weighted by molar-refractivity contribution is 0.118. The van der Waals surface area contributed by atoms with Crippen molar-refractivity contribution in [2.24, 2.45) is 0 Å². The highest BCUT2D eigenvalue weighted by molar-refractivity contribution is 7.96. The third-order valence-corrected chi connectivity index (χ3v) is 8.77. The van der Waals surface area contributed by atoms with Gasteiger partial charge in [0, 0.05) is 30.6 Å². The van der Waals surface area contributed by atoms with Crippen molar-refractivity contribution in [3.05, 3.63) is 95.4 Å². The Morgan fingerprint density at radius 3 is 2.62 bits per heavy atom. The monoisotopic (exact) mass is 551 g/mol. The first-order valence-electron chi connectivity index (χ1n) is 13.2. The molecule has 2 unspecified atom stereocenters. The topological polar surface area (TPSA) is 72.0 Å². The highest BCUT2D eigenvalue weighted by atomic mass is 32.2. The normalized spacial score (nSPS) is 22.5. The van der Waals surface area contributed by atoms with Crippen molar-refractivity contribution in [1.29, 1.82) is 0 Å². The van der Waals surface area contributed by atoms with E-state index in [9.17, 15) is 12.8 Å². The van der Waals surface area contributed by atoms with Gasteiger partial charge in [-0.2, -0.15) is 0 Å². The minimum atomic E-state index is -3.69. The van der Waals surface area contributed by atoms with Gasteiger partial charge in [-0.1, -0.05) is 36.4 Å². The zero-order chi connectivity index (χ0) is 27.6. The van der Waals surface area contributed by atoms with Crippen LogP contribution in [-0.2, 0) is 23.2 Å². The maximum atomic E-state index is 14.0. The van der Waals surface area contributed by atoms with Gasteiger partial charge in [0.2, 0.25) is 0 Å². The van der Waals surface area contributed by atoms with E-state index in [0.29, 0.717) is 49.7 Å². The molecule has 2 aliphatic heterocycles. The van der Waals surface area contributed by atoms with Crippen molar-refractivity contribution in [3.63, 3.8) is 0 Å². The molecule has 0 radical (unpaired) electrons. The van der Waals surface area contributed by atoms with Crippen molar-refractivity contribution < 1.29 is 22.3 Å². The molecule has 9 heteroatoms. The molecule has 5 rings (SSSR count). The largest absolute Gasteiger partial charge is 0.487 e. The lowest BCUT2D eigenvalue weighted by atomic mass is 9.83. The average Bonchev–Trinajstić information content (AvgIpc) is 3.15. The number of hydrogen-bond acceptors (Lipinski definition) is 6. The van der Waals surface area contributed by atoms with Crippen LogP contribution in [0.5, 0.6) is 11.5 Å². The molecule has 1 spiro atoms. The van der Waals surface area contributed by atoms with Crippen LogP contribution in [0.25, 0.3) is 0 Å². The molecule has 0 bridgehead atoms. The molecule has 3 heterocycles. The van der Waals surface area contributed by atoms with E-state index in [1.54, 1.807) is 24.4 Å². The fourth-order valence-corrected chi connectivity index (χ4v) is 7.11. The highest BCUT2D eigenvalue weighted by Gasteiger charge is 2.49. The minimum absolute atomic E-state index is 0.0296. The van der Waals surface area contributed by atoms with E-state index in [0.717, 1.165) is 11.3 Å². The van der Waals surface area contributed by atoms with E-state index in [4.69, 9.17) is 9.47 Å². The molecule has 1 saturated heterocycles. The summed E-state index contributed by atoms with van der Waals surface area (Å²) in [5.41, 5.74) is 1.53. The molecule has 0 saturated carbocycles. The summed E-state index contributed by atoms with van der Waals surface area (Å²) >= 11 is 0. The van der Waals surface area contributed by atoms with E-state index in [-0.39, 0.29) is 12.1 Å². The number of piperidine rings is 1. The van der Waals surface area contributed by atoms with E-state index in [1.165, 1.54) is 21.8 Å². The molecule has 206 valence electrons. The smallest absolute Gasteiger partial charge is 0.258 e. The summed E-state index contributed by atoms with van der Waals surface area (Å²) in [4.78, 5) is 6.95. The molecule has 39 heavy (non-hydrogen) atoms. The average molecular weight is 552 g/mol. The Morgan fingerprint density at radius 1 is 1.10 bits per heavy atom. The van der Waals surface area contributed by atoms with Gasteiger partial charge >= 0.3 is 0 Å². The Hall–Kier alpha value is -3.43. The lowest BCUT2D eigenvalue weighted by Crippen LogP contribution is -2.56. The predicted octanol–water partition coefficient (Wildman–Crippen LogP) is 5.67. The molecule has 0 N–H and O–H groups in total. The van der Waals surface area contributed by atoms with Crippen molar-refractivity contribution in [1.82, 2.24) is 9.88 Å². The maximum Gasteiger partial charge on any atom is 0.258 e. The summed E-state index contributed by atoms with van der Waals surface area (Å²) in [7, 11) is -3.69. The number of likely N-dealkylation sites (tertiary alicyclic amines) is 1. The number of rotatable bonds is 8. The fraction of sp³-hybridized carbons (Fsp3) is 0.367. The van der Waals surface area contributed by atoms with Crippen LogP contribution in [0, 0.1) is 5.82 Å². The summed E-state index contributed by atoms with van der Waals surface area (Å²) in [6.07, 6.45) is 4.61. The molecule has 2 atom stereocenters. The number of anilines is 1. The zero-order valence-electron chi connectivity index (χ0n) is 22.5. The van der Waals surface area contributed by atoms with Gasteiger partial charge in [-0.25, -0.2) is 12.8 Å². The van der Waals surface area contributed by atoms with Crippen molar-refractivity contribution >= 4 is 15.7 Å². The van der Waals surface area contributed by atoms with Gasteiger partial charge in [0.05, 0.1) is 29.2 Å². The molecule has 1 fully saturated rings. The molecule has 2 aromatic carbocycles. The van der Waals surface area contributed by atoms with Crippen LogP contribution >= 0.6 is 0 Å². The summed E-state index contributed by atoms with van der Waals surface area (Å²) in [5, 5.41) is 1.26. The highest BCUT2D eigenvalue weighted by Crippen LogP contribution is 2.43. The second-order valence-electron chi connectivity index (χ2n) is 10.5. The summed E-state index contributed by atoms with van der Waals surface area (Å²) in [6.45, 7) is 7.69. The van der Waals surface area contributed by atoms with Gasteiger partial charge in [0.25, 0.3) is 10.0 Å². The van der Waals surface area contributed by atoms with Crippen LogP contribution in [0.2, 0.25) is 0 Å². The summed E-state index contributed by atoms with van der Waals surface area (Å²) in [6, 6.07) is 17.7. The van der Waals surface area contributed by atoms with Gasteiger partial charge in [0.1, 0.15) is 12.4 Å². The first-order valence-corrected chi connectivity index (χ1v) is 14.7. The Balaban J connectivity index is 1.31. The van der Waals surface area contributed by atoms with Crippen LogP contribution in [0.3, 0.4) is 0 Å². The van der Waals surface area contributed by atoms with Gasteiger partial charge in [-0.05, 0) is 63.5 Å². The van der Waals surface area contributed by atoms with Gasteiger partial charge in [0.15, 0.2) is 11.5 Å². The van der Waals surface area contributed by atoms with Gasteiger partial charge in [-0.3, -0.25) is 14.2 Å². The number of ether oxygens (including phenoxy) is 2. The third kappa shape index (κ3) is 5.94. The van der Waals surface area contributed by atoms with Gasteiger partial charge < -0.3 is 9.47 Å². The van der Waals surface area contributed by atoms with E-state index < -0.39 is 21.4 Å².